The Bertz CT molecular complexity index is 871. The smallest absolute Gasteiger partial charge is 0.251 e. The van der Waals surface area contributed by atoms with Crippen LogP contribution in [-0.4, -0.2) is 48.2 Å². The minimum Gasteiger partial charge on any atom is -0.493 e. The van der Waals surface area contributed by atoms with E-state index < -0.39 is 0 Å². The molecule has 29 heavy (non-hydrogen) atoms. The van der Waals surface area contributed by atoms with E-state index >= 15 is 0 Å². The molecule has 2 aromatic rings. The summed E-state index contributed by atoms with van der Waals surface area (Å²) < 4.78 is 16.5. The molecule has 7 nitrogen and oxygen atoms in total. The van der Waals surface area contributed by atoms with Gasteiger partial charge < -0.3 is 19.3 Å². The molecule has 1 aromatic heterocycles. The number of nitrogens with zero attached hydrogens (tertiary/aromatic N) is 2. The predicted octanol–water partition coefficient (Wildman–Crippen LogP) is 3.09. The molecule has 0 unspecified atom stereocenters. The van der Waals surface area contributed by atoms with Gasteiger partial charge in [-0.3, -0.25) is 9.69 Å². The number of aryl methyl sites for hydroxylation is 2. The summed E-state index contributed by atoms with van der Waals surface area (Å²) in [5.41, 5.74) is 2.30. The SMILES string of the molecule is COc1cc(C(=O)N[C@@H]2CN(C3CC3)C[C@H]2C)ccc1OCc1c(C)noc1C. The molecule has 1 aromatic carbocycles. The lowest BCUT2D eigenvalue weighted by molar-refractivity contribution is 0.0931. The van der Waals surface area contributed by atoms with Gasteiger partial charge >= 0.3 is 0 Å². The number of benzene rings is 1. The van der Waals surface area contributed by atoms with Gasteiger partial charge in [0, 0.05) is 30.7 Å². The Hall–Kier alpha value is -2.54. The highest BCUT2D eigenvalue weighted by molar-refractivity contribution is 5.95. The summed E-state index contributed by atoms with van der Waals surface area (Å²) in [6.45, 7) is 8.28. The summed E-state index contributed by atoms with van der Waals surface area (Å²) in [5.74, 6) is 2.24. The molecule has 1 aliphatic carbocycles. The van der Waals surface area contributed by atoms with E-state index in [9.17, 15) is 4.79 Å². The van der Waals surface area contributed by atoms with Crippen LogP contribution in [0, 0.1) is 19.8 Å². The van der Waals surface area contributed by atoms with Crippen LogP contribution in [0.1, 0.15) is 47.1 Å². The number of likely N-dealkylation sites (tertiary alicyclic amines) is 1. The first-order valence-corrected chi connectivity index (χ1v) is 10.2. The van der Waals surface area contributed by atoms with E-state index in [-0.39, 0.29) is 11.9 Å². The van der Waals surface area contributed by atoms with Crippen molar-refractivity contribution < 1.29 is 18.8 Å². The third-order valence-electron chi connectivity index (χ3n) is 6.00. The van der Waals surface area contributed by atoms with E-state index in [2.05, 4.69) is 22.3 Å². The Morgan fingerprint density at radius 3 is 2.72 bits per heavy atom. The van der Waals surface area contributed by atoms with Crippen LogP contribution in [0.2, 0.25) is 0 Å². The Kier molecular flexibility index (Phi) is 5.50. The first kappa shape index (κ1) is 19.8. The van der Waals surface area contributed by atoms with Crippen molar-refractivity contribution in [1.29, 1.82) is 0 Å². The maximum absolute atomic E-state index is 12.8. The molecule has 1 saturated carbocycles. The molecule has 7 heteroatoms. The zero-order valence-corrected chi connectivity index (χ0v) is 17.5. The number of hydrogen-bond donors (Lipinski definition) is 1. The molecule has 1 amide bonds. The summed E-state index contributed by atoms with van der Waals surface area (Å²) in [7, 11) is 1.58. The molecule has 1 saturated heterocycles. The second-order valence-corrected chi connectivity index (χ2v) is 8.20. The van der Waals surface area contributed by atoms with Crippen LogP contribution in [0.4, 0.5) is 0 Å². The largest absolute Gasteiger partial charge is 0.493 e. The maximum atomic E-state index is 12.8. The van der Waals surface area contributed by atoms with Crippen LogP contribution >= 0.6 is 0 Å². The molecular formula is C22H29N3O4. The summed E-state index contributed by atoms with van der Waals surface area (Å²) >= 11 is 0. The average Bonchev–Trinajstić information content (AvgIpc) is 3.43. The lowest BCUT2D eigenvalue weighted by Gasteiger charge is -2.18. The molecule has 156 valence electrons. The van der Waals surface area contributed by atoms with Gasteiger partial charge in [-0.2, -0.15) is 0 Å². The van der Waals surface area contributed by atoms with Crippen molar-refractivity contribution in [2.45, 2.75) is 52.3 Å². The maximum Gasteiger partial charge on any atom is 0.251 e. The lowest BCUT2D eigenvalue weighted by atomic mass is 10.1. The topological polar surface area (TPSA) is 76.8 Å². The van der Waals surface area contributed by atoms with E-state index in [0.29, 0.717) is 29.6 Å². The molecule has 0 bridgehead atoms. The van der Waals surface area contributed by atoms with Crippen LogP contribution in [0.5, 0.6) is 11.5 Å². The van der Waals surface area contributed by atoms with Crippen molar-refractivity contribution >= 4 is 5.91 Å². The minimum absolute atomic E-state index is 0.0740. The first-order chi connectivity index (χ1) is 14.0. The van der Waals surface area contributed by atoms with Crippen molar-refractivity contribution in [3.8, 4) is 11.5 Å². The van der Waals surface area contributed by atoms with E-state index in [1.54, 1.807) is 25.3 Å². The third kappa shape index (κ3) is 4.24. The third-order valence-corrected chi connectivity index (χ3v) is 6.00. The summed E-state index contributed by atoms with van der Waals surface area (Å²) in [6.07, 6.45) is 2.58. The highest BCUT2D eigenvalue weighted by atomic mass is 16.5. The number of amides is 1. The Labute approximate surface area is 171 Å². The number of hydrogen-bond acceptors (Lipinski definition) is 6. The summed E-state index contributed by atoms with van der Waals surface area (Å²) in [4.78, 5) is 15.3. The molecule has 1 aliphatic heterocycles. The minimum atomic E-state index is -0.0740. The Morgan fingerprint density at radius 1 is 1.28 bits per heavy atom. The first-order valence-electron chi connectivity index (χ1n) is 10.2. The van der Waals surface area contributed by atoms with E-state index in [1.165, 1.54) is 12.8 Å². The van der Waals surface area contributed by atoms with Gasteiger partial charge in [0.25, 0.3) is 5.91 Å². The van der Waals surface area contributed by atoms with Gasteiger partial charge in [0.15, 0.2) is 11.5 Å². The second kappa shape index (κ2) is 8.06. The number of carbonyl (C=O) groups excluding carboxylic acids is 1. The van der Waals surface area contributed by atoms with Crippen LogP contribution in [0.25, 0.3) is 0 Å². The van der Waals surface area contributed by atoms with Gasteiger partial charge in [-0.05, 0) is 50.8 Å². The normalized spacial score (nSPS) is 21.9. The number of carbonyl (C=O) groups is 1. The number of rotatable bonds is 7. The molecule has 4 rings (SSSR count). The number of aromatic nitrogens is 1. The quantitative estimate of drug-likeness (QED) is 0.771. The van der Waals surface area contributed by atoms with Gasteiger partial charge in [-0.1, -0.05) is 12.1 Å². The van der Waals surface area contributed by atoms with Crippen molar-refractivity contribution in [3.63, 3.8) is 0 Å². The molecule has 2 aliphatic rings. The number of ether oxygens (including phenoxy) is 2. The van der Waals surface area contributed by atoms with Crippen molar-refractivity contribution in [1.82, 2.24) is 15.4 Å². The summed E-state index contributed by atoms with van der Waals surface area (Å²) in [6, 6.07) is 6.20. The molecule has 0 radical (unpaired) electrons. The molecule has 1 N–H and O–H groups in total. The fraction of sp³-hybridized carbons (Fsp3) is 0.545. The monoisotopic (exact) mass is 399 g/mol. The van der Waals surface area contributed by atoms with Crippen molar-refractivity contribution in [2.24, 2.45) is 5.92 Å². The fourth-order valence-corrected chi connectivity index (χ4v) is 3.97. The van der Waals surface area contributed by atoms with Gasteiger partial charge in [0.2, 0.25) is 0 Å². The molecule has 0 spiro atoms. The van der Waals surface area contributed by atoms with Gasteiger partial charge in [-0.15, -0.1) is 0 Å². The number of methoxy groups -OCH3 is 1. The van der Waals surface area contributed by atoms with Crippen molar-refractivity contribution in [3.05, 3.63) is 40.8 Å². The number of nitrogens with one attached hydrogen (secondary N) is 1. The molecule has 2 fully saturated rings. The van der Waals surface area contributed by atoms with Gasteiger partial charge in [0.1, 0.15) is 12.4 Å². The fourth-order valence-electron chi connectivity index (χ4n) is 3.97. The van der Waals surface area contributed by atoms with E-state index in [0.717, 1.165) is 36.1 Å². The lowest BCUT2D eigenvalue weighted by Crippen LogP contribution is -2.40. The Morgan fingerprint density at radius 2 is 2.07 bits per heavy atom. The molecule has 2 heterocycles. The summed E-state index contributed by atoms with van der Waals surface area (Å²) in [5, 5.41) is 7.14. The van der Waals surface area contributed by atoms with Gasteiger partial charge in [0.05, 0.1) is 18.4 Å². The van der Waals surface area contributed by atoms with E-state index in [1.807, 2.05) is 13.8 Å². The van der Waals surface area contributed by atoms with Crippen LogP contribution in [-0.2, 0) is 6.61 Å². The van der Waals surface area contributed by atoms with Crippen LogP contribution in [0.15, 0.2) is 22.7 Å². The van der Waals surface area contributed by atoms with Gasteiger partial charge in [-0.25, -0.2) is 0 Å². The van der Waals surface area contributed by atoms with Crippen molar-refractivity contribution in [2.75, 3.05) is 20.2 Å². The highest BCUT2D eigenvalue weighted by Crippen LogP contribution is 2.32. The zero-order valence-electron chi connectivity index (χ0n) is 17.5. The highest BCUT2D eigenvalue weighted by Gasteiger charge is 2.38. The predicted molar refractivity (Wildman–Crippen MR) is 108 cm³/mol. The zero-order chi connectivity index (χ0) is 20.5. The average molecular weight is 399 g/mol. The second-order valence-electron chi connectivity index (χ2n) is 8.20. The van der Waals surface area contributed by atoms with E-state index in [4.69, 9.17) is 14.0 Å². The molecule has 2 atom stereocenters. The molecular weight excluding hydrogens is 370 g/mol. The standard InChI is InChI=1S/C22H29N3O4/c1-13-10-25(17-6-7-17)11-19(13)23-22(26)16-5-8-20(21(9-16)27-4)28-12-18-14(2)24-29-15(18)3/h5,8-9,13,17,19H,6-7,10-12H2,1-4H3,(H,23,26)/t13-,19-/m1/s1. The Balaban J connectivity index is 1.41. The van der Waals surface area contributed by atoms with Crippen LogP contribution in [0.3, 0.4) is 0 Å². The van der Waals surface area contributed by atoms with Crippen LogP contribution < -0.4 is 14.8 Å².